The third-order valence-corrected chi connectivity index (χ3v) is 6.74. The number of carbonyl (C=O) groups is 1. The van der Waals surface area contributed by atoms with Crippen LogP contribution in [0.15, 0.2) is 41.3 Å². The maximum atomic E-state index is 12.9. The maximum Gasteiger partial charge on any atom is 0.253 e. The number of benzene rings is 2. The molecule has 0 saturated carbocycles. The van der Waals surface area contributed by atoms with Gasteiger partial charge in [0.1, 0.15) is 4.90 Å². The van der Waals surface area contributed by atoms with Crippen LogP contribution in [-0.2, 0) is 10.0 Å². The Morgan fingerprint density at radius 2 is 1.65 bits per heavy atom. The molecule has 1 amide bonds. The highest BCUT2D eigenvalue weighted by Crippen LogP contribution is 2.35. The van der Waals surface area contributed by atoms with Crippen molar-refractivity contribution in [2.45, 2.75) is 43.6 Å². The van der Waals surface area contributed by atoms with Gasteiger partial charge in [-0.1, -0.05) is 32.0 Å². The average Bonchev–Trinajstić information content (AvgIpc) is 2.68. The number of hydrogen-bond donors (Lipinski definition) is 4. The molecule has 0 radical (unpaired) electrons. The van der Waals surface area contributed by atoms with Gasteiger partial charge in [0.15, 0.2) is 0 Å². The first-order valence-corrected chi connectivity index (χ1v) is 11.8. The zero-order valence-electron chi connectivity index (χ0n) is 17.8. The predicted octanol–water partition coefficient (Wildman–Crippen LogP) is 2.18. The summed E-state index contributed by atoms with van der Waals surface area (Å²) >= 11 is 0. The van der Waals surface area contributed by atoms with Gasteiger partial charge in [0.05, 0.1) is 17.0 Å². The Morgan fingerprint density at radius 1 is 1.06 bits per heavy atom. The SMILES string of the molecule is CC(C)CC1(O)CCN(C(=O)c2ccc(-c3ccc(S(N)(=O)=O)c(N)c3N)cc2)CC1. The summed E-state index contributed by atoms with van der Waals surface area (Å²) in [5.41, 5.74) is 13.0. The van der Waals surface area contributed by atoms with Gasteiger partial charge < -0.3 is 21.5 Å². The largest absolute Gasteiger partial charge is 0.397 e. The molecule has 1 fully saturated rings. The lowest BCUT2D eigenvalue weighted by Crippen LogP contribution is -2.47. The van der Waals surface area contributed by atoms with E-state index in [0.717, 1.165) is 6.42 Å². The van der Waals surface area contributed by atoms with Gasteiger partial charge in [-0.25, -0.2) is 13.6 Å². The van der Waals surface area contributed by atoms with Gasteiger partial charge in [-0.05, 0) is 48.9 Å². The molecule has 168 valence electrons. The Hall–Kier alpha value is -2.62. The molecule has 0 aromatic heterocycles. The smallest absolute Gasteiger partial charge is 0.253 e. The van der Waals surface area contributed by atoms with Crippen LogP contribution in [0.3, 0.4) is 0 Å². The monoisotopic (exact) mass is 446 g/mol. The molecule has 0 spiro atoms. The maximum absolute atomic E-state index is 12.9. The molecule has 0 atom stereocenters. The Labute approximate surface area is 183 Å². The van der Waals surface area contributed by atoms with Crippen molar-refractivity contribution < 1.29 is 18.3 Å². The second-order valence-corrected chi connectivity index (χ2v) is 10.2. The molecule has 2 aromatic rings. The molecule has 8 nitrogen and oxygen atoms in total. The second-order valence-electron chi connectivity index (χ2n) is 8.68. The molecule has 1 aliphatic rings. The zero-order chi connectivity index (χ0) is 23.0. The average molecular weight is 447 g/mol. The summed E-state index contributed by atoms with van der Waals surface area (Å²) in [6.45, 7) is 5.20. The fraction of sp³-hybridized carbons (Fsp3) is 0.409. The molecule has 7 N–H and O–H groups in total. The van der Waals surface area contributed by atoms with E-state index in [-0.39, 0.29) is 22.2 Å². The van der Waals surface area contributed by atoms with E-state index >= 15 is 0 Å². The molecular weight excluding hydrogens is 416 g/mol. The number of carbonyl (C=O) groups excluding carboxylic acids is 1. The quantitative estimate of drug-likeness (QED) is 0.516. The normalized spacial score (nSPS) is 16.5. The molecular formula is C22H30N4O4S. The standard InChI is InChI=1S/C22H30N4O4S/c1-14(2)13-22(28)9-11-26(12-10-22)21(27)16-5-3-15(4-6-16)17-7-8-18(31(25,29)30)20(24)19(17)23/h3-8,14,28H,9-13,23-24H2,1-2H3,(H2,25,29,30). The van der Waals surface area contributed by atoms with Crippen LogP contribution in [0.4, 0.5) is 11.4 Å². The zero-order valence-corrected chi connectivity index (χ0v) is 18.7. The highest BCUT2D eigenvalue weighted by atomic mass is 32.2. The number of amides is 1. The molecule has 2 aromatic carbocycles. The number of rotatable bonds is 5. The van der Waals surface area contributed by atoms with Gasteiger partial charge in [0, 0.05) is 24.2 Å². The molecule has 9 heteroatoms. The van der Waals surface area contributed by atoms with Crippen molar-refractivity contribution in [2.24, 2.45) is 11.1 Å². The van der Waals surface area contributed by atoms with Gasteiger partial charge in [0.2, 0.25) is 10.0 Å². The highest BCUT2D eigenvalue weighted by Gasteiger charge is 2.34. The Morgan fingerprint density at radius 3 is 2.16 bits per heavy atom. The molecule has 0 bridgehead atoms. The van der Waals surface area contributed by atoms with Crippen molar-refractivity contribution in [1.29, 1.82) is 0 Å². The highest BCUT2D eigenvalue weighted by molar-refractivity contribution is 7.89. The van der Waals surface area contributed by atoms with Crippen LogP contribution in [0.1, 0.15) is 43.5 Å². The summed E-state index contributed by atoms with van der Waals surface area (Å²) in [7, 11) is -3.97. The number of sulfonamides is 1. The van der Waals surface area contributed by atoms with Crippen LogP contribution in [0.5, 0.6) is 0 Å². The number of anilines is 2. The predicted molar refractivity (Wildman–Crippen MR) is 122 cm³/mol. The van der Waals surface area contributed by atoms with E-state index in [1.807, 2.05) is 0 Å². The number of aliphatic hydroxyl groups is 1. The number of hydrogen-bond acceptors (Lipinski definition) is 6. The first-order chi connectivity index (χ1) is 14.4. The van der Waals surface area contributed by atoms with Crippen molar-refractivity contribution in [2.75, 3.05) is 24.6 Å². The molecule has 31 heavy (non-hydrogen) atoms. The van der Waals surface area contributed by atoms with Crippen LogP contribution in [0, 0.1) is 5.92 Å². The second kappa shape index (κ2) is 8.49. The van der Waals surface area contributed by atoms with Gasteiger partial charge in [0.25, 0.3) is 5.91 Å². The van der Waals surface area contributed by atoms with Crippen molar-refractivity contribution in [1.82, 2.24) is 4.90 Å². The fourth-order valence-corrected chi connectivity index (χ4v) is 4.86. The Kier molecular flexibility index (Phi) is 6.31. The number of nitrogens with zero attached hydrogens (tertiary/aromatic N) is 1. The van der Waals surface area contributed by atoms with Crippen LogP contribution < -0.4 is 16.6 Å². The number of nitrogens with two attached hydrogens (primary N) is 3. The van der Waals surface area contributed by atoms with Gasteiger partial charge >= 0.3 is 0 Å². The van der Waals surface area contributed by atoms with Crippen LogP contribution >= 0.6 is 0 Å². The van der Waals surface area contributed by atoms with Crippen molar-refractivity contribution >= 4 is 27.3 Å². The summed E-state index contributed by atoms with van der Waals surface area (Å²) in [5.74, 6) is 0.315. The van der Waals surface area contributed by atoms with Crippen molar-refractivity contribution in [3.8, 4) is 11.1 Å². The summed E-state index contributed by atoms with van der Waals surface area (Å²) in [6.07, 6.45) is 1.88. The Balaban J connectivity index is 1.75. The lowest BCUT2D eigenvalue weighted by molar-refractivity contribution is -0.0311. The van der Waals surface area contributed by atoms with Crippen LogP contribution in [0.25, 0.3) is 11.1 Å². The van der Waals surface area contributed by atoms with Crippen molar-refractivity contribution in [3.05, 3.63) is 42.0 Å². The third-order valence-electron chi connectivity index (χ3n) is 5.77. The van der Waals surface area contributed by atoms with Gasteiger partial charge in [-0.15, -0.1) is 0 Å². The van der Waals surface area contributed by atoms with E-state index in [0.29, 0.717) is 48.5 Å². The molecule has 3 rings (SSSR count). The topological polar surface area (TPSA) is 153 Å². The lowest BCUT2D eigenvalue weighted by Gasteiger charge is -2.39. The number of piperidine rings is 1. The minimum atomic E-state index is -3.97. The van der Waals surface area contributed by atoms with Crippen molar-refractivity contribution in [3.63, 3.8) is 0 Å². The van der Waals surface area contributed by atoms with E-state index in [4.69, 9.17) is 16.6 Å². The number of likely N-dealkylation sites (tertiary alicyclic amines) is 1. The third kappa shape index (κ3) is 5.00. The van der Waals surface area contributed by atoms with Gasteiger partial charge in [-0.3, -0.25) is 4.79 Å². The summed E-state index contributed by atoms with van der Waals surface area (Å²) in [5, 5.41) is 15.8. The van der Waals surface area contributed by atoms with E-state index in [1.54, 1.807) is 35.2 Å². The molecule has 1 aliphatic heterocycles. The summed E-state index contributed by atoms with van der Waals surface area (Å²) in [4.78, 5) is 14.4. The molecule has 0 unspecified atom stereocenters. The first-order valence-electron chi connectivity index (χ1n) is 10.2. The van der Waals surface area contributed by atoms with Gasteiger partial charge in [-0.2, -0.15) is 0 Å². The number of nitrogen functional groups attached to an aromatic ring is 2. The molecule has 1 heterocycles. The lowest BCUT2D eigenvalue weighted by atomic mass is 9.84. The summed E-state index contributed by atoms with van der Waals surface area (Å²) in [6, 6.07) is 9.76. The Bertz CT molecular complexity index is 1070. The fourth-order valence-electron chi connectivity index (χ4n) is 4.18. The minimum Gasteiger partial charge on any atom is -0.397 e. The number of primary sulfonamides is 1. The van der Waals surface area contributed by atoms with Crippen LogP contribution in [0.2, 0.25) is 0 Å². The molecule has 1 saturated heterocycles. The van der Waals surface area contributed by atoms with E-state index in [1.165, 1.54) is 6.07 Å². The molecule has 0 aliphatic carbocycles. The van der Waals surface area contributed by atoms with Crippen LogP contribution in [-0.4, -0.2) is 43.0 Å². The van der Waals surface area contributed by atoms with E-state index in [9.17, 15) is 18.3 Å². The van der Waals surface area contributed by atoms with E-state index < -0.39 is 15.6 Å². The summed E-state index contributed by atoms with van der Waals surface area (Å²) < 4.78 is 23.2. The first kappa shape index (κ1) is 23.1. The van der Waals surface area contributed by atoms with E-state index in [2.05, 4.69) is 13.8 Å². The minimum absolute atomic E-state index is 0.0878.